The maximum Gasteiger partial charge on any atom is 0.191 e. The van der Waals surface area contributed by atoms with Crippen LogP contribution >= 0.6 is 0 Å². The zero-order valence-electron chi connectivity index (χ0n) is 15.8. The molecule has 3 nitrogen and oxygen atoms in total. The molecule has 0 heterocycles. The first kappa shape index (κ1) is 18.5. The van der Waals surface area contributed by atoms with Crippen molar-refractivity contribution in [1.29, 1.82) is 0 Å². The molecule has 0 bridgehead atoms. The third-order valence-electron chi connectivity index (χ3n) is 3.83. The molecule has 0 amide bonds. The molecule has 0 spiro atoms. The lowest BCUT2D eigenvalue weighted by Gasteiger charge is -2.32. The summed E-state index contributed by atoms with van der Waals surface area (Å²) in [6, 6.07) is 4.52. The van der Waals surface area contributed by atoms with E-state index in [1.54, 1.807) is 0 Å². The molecule has 0 saturated carbocycles. The highest BCUT2D eigenvalue weighted by Crippen LogP contribution is 2.42. The number of hydrogen-bond donors (Lipinski definition) is 2. The van der Waals surface area contributed by atoms with E-state index in [1.807, 2.05) is 0 Å². The van der Waals surface area contributed by atoms with Gasteiger partial charge in [0.1, 0.15) is 0 Å². The number of hydrogen-bond acceptors (Lipinski definition) is 1. The van der Waals surface area contributed by atoms with Crippen molar-refractivity contribution in [1.82, 2.24) is 0 Å². The fraction of sp³-hybridized carbons (Fsp3) is 0.632. The van der Waals surface area contributed by atoms with Crippen LogP contribution in [0.4, 0.5) is 5.69 Å². The van der Waals surface area contributed by atoms with Crippen LogP contribution in [0.3, 0.4) is 0 Å². The Balaban J connectivity index is 3.91. The quantitative estimate of drug-likeness (QED) is 0.593. The van der Waals surface area contributed by atoms with Crippen molar-refractivity contribution in [3.8, 4) is 0 Å². The van der Waals surface area contributed by atoms with Crippen LogP contribution in [0.25, 0.3) is 0 Å². The summed E-state index contributed by atoms with van der Waals surface area (Å²) in [5.74, 6) is 0.111. The molecule has 0 aliphatic carbocycles. The van der Waals surface area contributed by atoms with Gasteiger partial charge in [-0.25, -0.2) is 4.99 Å². The summed E-state index contributed by atoms with van der Waals surface area (Å²) in [5, 5.41) is 0. The van der Waals surface area contributed by atoms with Crippen molar-refractivity contribution in [2.45, 2.75) is 78.6 Å². The standard InChI is InChI=1S/C19H33N3/c1-17(2,3)12-10-13(18(4,5)6)15(22-16(20)21)14(11-12)19(7,8)9/h10-11H,1-9H3,(H4,20,21,22). The van der Waals surface area contributed by atoms with E-state index in [-0.39, 0.29) is 22.2 Å². The summed E-state index contributed by atoms with van der Waals surface area (Å²) in [5.41, 5.74) is 16.0. The molecule has 22 heavy (non-hydrogen) atoms. The summed E-state index contributed by atoms with van der Waals surface area (Å²) in [7, 11) is 0. The molecular formula is C19H33N3. The van der Waals surface area contributed by atoms with E-state index in [9.17, 15) is 0 Å². The van der Waals surface area contributed by atoms with Crippen LogP contribution in [0.15, 0.2) is 17.1 Å². The number of rotatable bonds is 1. The molecule has 0 aliphatic rings. The first-order chi connectivity index (χ1) is 9.64. The van der Waals surface area contributed by atoms with Gasteiger partial charge in [-0.3, -0.25) is 0 Å². The monoisotopic (exact) mass is 303 g/mol. The van der Waals surface area contributed by atoms with Gasteiger partial charge in [0.2, 0.25) is 0 Å². The minimum atomic E-state index is -0.0322. The third-order valence-corrected chi connectivity index (χ3v) is 3.83. The van der Waals surface area contributed by atoms with E-state index in [4.69, 9.17) is 11.5 Å². The highest BCUT2D eigenvalue weighted by molar-refractivity contribution is 5.81. The lowest BCUT2D eigenvalue weighted by atomic mass is 9.74. The van der Waals surface area contributed by atoms with Gasteiger partial charge >= 0.3 is 0 Å². The van der Waals surface area contributed by atoms with Gasteiger partial charge in [0, 0.05) is 0 Å². The third kappa shape index (κ3) is 4.25. The van der Waals surface area contributed by atoms with E-state index in [2.05, 4.69) is 79.4 Å². The van der Waals surface area contributed by atoms with E-state index in [1.165, 1.54) is 16.7 Å². The van der Waals surface area contributed by atoms with E-state index in [0.29, 0.717) is 0 Å². The van der Waals surface area contributed by atoms with Crippen molar-refractivity contribution in [3.63, 3.8) is 0 Å². The van der Waals surface area contributed by atoms with Gasteiger partial charge in [-0.05, 0) is 32.9 Å². The Morgan fingerprint density at radius 3 is 1.32 bits per heavy atom. The molecule has 1 aromatic rings. The molecule has 0 unspecified atom stereocenters. The van der Waals surface area contributed by atoms with E-state index >= 15 is 0 Å². The van der Waals surface area contributed by atoms with Crippen LogP contribution in [-0.4, -0.2) is 5.96 Å². The second kappa shape index (κ2) is 5.60. The van der Waals surface area contributed by atoms with E-state index in [0.717, 1.165) is 5.69 Å². The molecule has 1 rings (SSSR count). The minimum absolute atomic E-state index is 0.0322. The Labute approximate surface area is 136 Å². The molecule has 0 radical (unpaired) electrons. The lowest BCUT2D eigenvalue weighted by molar-refractivity contribution is 0.550. The predicted octanol–water partition coefficient (Wildman–Crippen LogP) is 4.48. The smallest absolute Gasteiger partial charge is 0.191 e. The van der Waals surface area contributed by atoms with Crippen LogP contribution in [0.2, 0.25) is 0 Å². The van der Waals surface area contributed by atoms with Crippen LogP contribution < -0.4 is 11.5 Å². The van der Waals surface area contributed by atoms with Crippen molar-refractivity contribution in [2.24, 2.45) is 16.5 Å². The van der Waals surface area contributed by atoms with Gasteiger partial charge < -0.3 is 11.5 Å². The molecule has 124 valence electrons. The first-order valence-electron chi connectivity index (χ1n) is 7.93. The van der Waals surface area contributed by atoms with Crippen molar-refractivity contribution in [3.05, 3.63) is 28.8 Å². The zero-order chi connectivity index (χ0) is 17.5. The van der Waals surface area contributed by atoms with Gasteiger partial charge in [0.05, 0.1) is 5.69 Å². The average molecular weight is 303 g/mol. The van der Waals surface area contributed by atoms with Gasteiger partial charge in [-0.2, -0.15) is 0 Å². The van der Waals surface area contributed by atoms with Crippen molar-refractivity contribution in [2.75, 3.05) is 0 Å². The Hall–Kier alpha value is -1.51. The SMILES string of the molecule is CC(C)(C)c1cc(C(C)(C)C)c(N=C(N)N)c(C(C)(C)C)c1. The zero-order valence-corrected chi connectivity index (χ0v) is 15.8. The van der Waals surface area contributed by atoms with Gasteiger partial charge in [0.15, 0.2) is 5.96 Å². The second-order valence-electron chi connectivity index (χ2n) is 9.21. The average Bonchev–Trinajstić information content (AvgIpc) is 2.23. The van der Waals surface area contributed by atoms with Gasteiger partial charge in [-0.1, -0.05) is 74.4 Å². The highest BCUT2D eigenvalue weighted by Gasteiger charge is 2.29. The maximum atomic E-state index is 5.70. The van der Waals surface area contributed by atoms with Crippen LogP contribution in [-0.2, 0) is 16.2 Å². The number of nitrogens with zero attached hydrogens (tertiary/aromatic N) is 1. The summed E-state index contributed by atoms with van der Waals surface area (Å²) in [6.07, 6.45) is 0. The van der Waals surface area contributed by atoms with Gasteiger partial charge in [0.25, 0.3) is 0 Å². The largest absolute Gasteiger partial charge is 0.370 e. The molecule has 1 aromatic carbocycles. The molecule has 0 atom stereocenters. The fourth-order valence-corrected chi connectivity index (χ4v) is 2.46. The first-order valence-corrected chi connectivity index (χ1v) is 7.93. The number of nitrogens with two attached hydrogens (primary N) is 2. The molecule has 4 N–H and O–H groups in total. The molecule has 0 fully saturated rings. The topological polar surface area (TPSA) is 64.4 Å². The summed E-state index contributed by atoms with van der Waals surface area (Å²) < 4.78 is 0. The van der Waals surface area contributed by atoms with Crippen LogP contribution in [0.5, 0.6) is 0 Å². The second-order valence-corrected chi connectivity index (χ2v) is 9.21. The van der Waals surface area contributed by atoms with Gasteiger partial charge in [-0.15, -0.1) is 0 Å². The summed E-state index contributed by atoms with van der Waals surface area (Å²) in [6.45, 7) is 19.9. The lowest BCUT2D eigenvalue weighted by Crippen LogP contribution is -2.25. The Bertz CT molecular complexity index is 537. The number of guanidine groups is 1. The van der Waals surface area contributed by atoms with Crippen molar-refractivity contribution >= 4 is 11.6 Å². The van der Waals surface area contributed by atoms with Crippen LogP contribution in [0, 0.1) is 0 Å². The Morgan fingerprint density at radius 1 is 0.727 bits per heavy atom. The fourth-order valence-electron chi connectivity index (χ4n) is 2.46. The summed E-state index contributed by atoms with van der Waals surface area (Å²) >= 11 is 0. The molecule has 0 aliphatic heterocycles. The van der Waals surface area contributed by atoms with E-state index < -0.39 is 0 Å². The van der Waals surface area contributed by atoms with Crippen molar-refractivity contribution < 1.29 is 0 Å². The molecule has 0 saturated heterocycles. The molecule has 0 aromatic heterocycles. The predicted molar refractivity (Wildman–Crippen MR) is 98.0 cm³/mol. The summed E-state index contributed by atoms with van der Waals surface area (Å²) in [4.78, 5) is 4.49. The highest BCUT2D eigenvalue weighted by atomic mass is 15.0. The minimum Gasteiger partial charge on any atom is -0.370 e. The maximum absolute atomic E-state index is 5.70. The van der Waals surface area contributed by atoms with Crippen LogP contribution in [0.1, 0.15) is 79.0 Å². The molecule has 3 heteroatoms. The Kier molecular flexibility index (Phi) is 4.72. The molecular weight excluding hydrogens is 270 g/mol. The normalized spacial score (nSPS) is 13.1. The number of benzene rings is 1. The number of aliphatic imine (C=N–C) groups is 1. The Morgan fingerprint density at radius 2 is 1.09 bits per heavy atom.